The smallest absolute Gasteiger partial charge is 0.229 e. The molecule has 4 rings (SSSR count). The molecule has 1 amide bonds. The fourth-order valence-corrected chi connectivity index (χ4v) is 4.40. The van der Waals surface area contributed by atoms with Gasteiger partial charge in [0.25, 0.3) is 0 Å². The number of aryl methyl sites for hydroxylation is 1. The number of aromatic nitrogens is 4. The number of amides is 1. The average Bonchev–Trinajstić information content (AvgIpc) is 3.20. The number of fused-ring (bicyclic) bond motifs is 1. The summed E-state index contributed by atoms with van der Waals surface area (Å²) in [5, 5.41) is 11.9. The molecule has 25 heavy (non-hydrogen) atoms. The number of likely N-dealkylation sites (N-methyl/N-ethyl adjacent to an activating group) is 1. The summed E-state index contributed by atoms with van der Waals surface area (Å²) in [5.41, 5.74) is 0.877. The summed E-state index contributed by atoms with van der Waals surface area (Å²) in [6.45, 7) is 5.50. The fraction of sp³-hybridized carbons (Fsp3) is 0.647. The molecule has 7 nitrogen and oxygen atoms in total. The summed E-state index contributed by atoms with van der Waals surface area (Å²) in [7, 11) is 2.10. The van der Waals surface area contributed by atoms with Crippen LogP contribution in [0.15, 0.2) is 5.38 Å². The van der Waals surface area contributed by atoms with Gasteiger partial charge in [0.15, 0.2) is 5.82 Å². The van der Waals surface area contributed by atoms with Gasteiger partial charge in [-0.1, -0.05) is 0 Å². The number of rotatable bonds is 3. The Morgan fingerprint density at radius 3 is 2.96 bits per heavy atom. The number of piperidine rings is 1. The van der Waals surface area contributed by atoms with E-state index in [9.17, 15) is 4.79 Å². The van der Waals surface area contributed by atoms with Gasteiger partial charge in [-0.3, -0.25) is 9.69 Å². The molecule has 134 valence electrons. The van der Waals surface area contributed by atoms with Gasteiger partial charge in [-0.05, 0) is 33.2 Å². The van der Waals surface area contributed by atoms with Gasteiger partial charge < -0.3 is 9.47 Å². The minimum absolute atomic E-state index is 0.0469. The third-order valence-electron chi connectivity index (χ3n) is 5.09. The number of nitrogens with zero attached hydrogens (tertiary/aromatic N) is 6. The lowest BCUT2D eigenvalue weighted by Crippen LogP contribution is -2.41. The molecule has 1 fully saturated rings. The summed E-state index contributed by atoms with van der Waals surface area (Å²) < 4.78 is 2.23. The second-order valence-electron chi connectivity index (χ2n) is 7.00. The molecule has 0 aromatic carbocycles. The van der Waals surface area contributed by atoms with Crippen LogP contribution in [0.4, 0.5) is 0 Å². The Labute approximate surface area is 151 Å². The molecule has 2 aliphatic heterocycles. The van der Waals surface area contributed by atoms with E-state index in [1.807, 2.05) is 17.2 Å². The summed E-state index contributed by atoms with van der Waals surface area (Å²) in [4.78, 5) is 21.6. The van der Waals surface area contributed by atoms with Gasteiger partial charge in [0.2, 0.25) is 5.91 Å². The van der Waals surface area contributed by atoms with Crippen LogP contribution < -0.4 is 0 Å². The molecule has 0 N–H and O–H groups in total. The van der Waals surface area contributed by atoms with Crippen LogP contribution in [0.5, 0.6) is 0 Å². The van der Waals surface area contributed by atoms with Crippen LogP contribution in [0.3, 0.4) is 0 Å². The molecule has 4 heterocycles. The van der Waals surface area contributed by atoms with Crippen LogP contribution >= 0.6 is 11.3 Å². The molecule has 0 unspecified atom stereocenters. The Kier molecular flexibility index (Phi) is 4.56. The van der Waals surface area contributed by atoms with Gasteiger partial charge in [-0.2, -0.15) is 0 Å². The van der Waals surface area contributed by atoms with E-state index < -0.39 is 0 Å². The third kappa shape index (κ3) is 3.32. The molecule has 2 aromatic rings. The maximum atomic E-state index is 12.9. The summed E-state index contributed by atoms with van der Waals surface area (Å²) in [6.07, 6.45) is 3.54. The standard InChI is InChI=1S/C17H24N6OS/c1-12-18-13(11-25-12)9-16(24)22-6-4-3-5-14(22)17-20-19-15-10-21(2)7-8-23(15)17/h11,14H,3-10H2,1-2H3/t14-/m0/s1. The summed E-state index contributed by atoms with van der Waals surface area (Å²) in [6, 6.07) is 0.0469. The van der Waals surface area contributed by atoms with E-state index in [1.54, 1.807) is 11.3 Å². The molecular weight excluding hydrogens is 336 g/mol. The van der Waals surface area contributed by atoms with Gasteiger partial charge in [0.05, 0.1) is 29.7 Å². The van der Waals surface area contributed by atoms with Crippen molar-refractivity contribution in [3.63, 3.8) is 0 Å². The number of carbonyl (C=O) groups is 1. The molecule has 2 aliphatic rings. The van der Waals surface area contributed by atoms with E-state index in [1.165, 1.54) is 0 Å². The van der Waals surface area contributed by atoms with Crippen molar-refractivity contribution in [3.05, 3.63) is 27.7 Å². The first-order chi connectivity index (χ1) is 12.1. The average molecular weight is 360 g/mol. The number of carbonyl (C=O) groups excluding carboxylic acids is 1. The lowest BCUT2D eigenvalue weighted by atomic mass is 10.0. The molecule has 0 bridgehead atoms. The molecule has 0 spiro atoms. The minimum atomic E-state index is 0.0469. The highest BCUT2D eigenvalue weighted by molar-refractivity contribution is 7.09. The van der Waals surface area contributed by atoms with Crippen LogP contribution in [-0.4, -0.2) is 55.6 Å². The maximum Gasteiger partial charge on any atom is 0.229 e. The molecule has 2 aromatic heterocycles. The van der Waals surface area contributed by atoms with Gasteiger partial charge >= 0.3 is 0 Å². The zero-order chi connectivity index (χ0) is 17.4. The van der Waals surface area contributed by atoms with Crippen LogP contribution in [-0.2, 0) is 24.3 Å². The van der Waals surface area contributed by atoms with E-state index in [2.05, 4.69) is 31.7 Å². The van der Waals surface area contributed by atoms with Crippen molar-refractivity contribution >= 4 is 17.2 Å². The molecule has 0 saturated carbocycles. The first-order valence-electron chi connectivity index (χ1n) is 8.93. The van der Waals surface area contributed by atoms with E-state index in [-0.39, 0.29) is 11.9 Å². The fourth-order valence-electron chi connectivity index (χ4n) is 3.79. The van der Waals surface area contributed by atoms with Crippen molar-refractivity contribution in [1.29, 1.82) is 0 Å². The molecular formula is C17H24N6OS. The van der Waals surface area contributed by atoms with Gasteiger partial charge in [-0.15, -0.1) is 21.5 Å². The lowest BCUT2D eigenvalue weighted by Gasteiger charge is -2.36. The highest BCUT2D eigenvalue weighted by Gasteiger charge is 2.33. The normalized spacial score (nSPS) is 21.4. The van der Waals surface area contributed by atoms with E-state index in [0.29, 0.717) is 6.42 Å². The van der Waals surface area contributed by atoms with Crippen molar-refractivity contribution < 1.29 is 4.79 Å². The van der Waals surface area contributed by atoms with Crippen LogP contribution in [0, 0.1) is 6.92 Å². The van der Waals surface area contributed by atoms with Gasteiger partial charge in [0.1, 0.15) is 5.82 Å². The molecule has 1 saturated heterocycles. The van der Waals surface area contributed by atoms with Crippen molar-refractivity contribution in [2.75, 3.05) is 20.1 Å². The second-order valence-corrected chi connectivity index (χ2v) is 8.06. The summed E-state index contributed by atoms with van der Waals surface area (Å²) in [5.74, 6) is 2.13. The largest absolute Gasteiger partial charge is 0.332 e. The van der Waals surface area contributed by atoms with Crippen molar-refractivity contribution in [3.8, 4) is 0 Å². The van der Waals surface area contributed by atoms with Crippen molar-refractivity contribution in [2.24, 2.45) is 0 Å². The predicted molar refractivity (Wildman–Crippen MR) is 95.2 cm³/mol. The van der Waals surface area contributed by atoms with Crippen molar-refractivity contribution in [2.45, 2.75) is 51.7 Å². The Morgan fingerprint density at radius 1 is 1.28 bits per heavy atom. The molecule has 0 radical (unpaired) electrons. The number of hydrogen-bond donors (Lipinski definition) is 0. The highest BCUT2D eigenvalue weighted by Crippen LogP contribution is 2.31. The lowest BCUT2D eigenvalue weighted by molar-refractivity contribution is -0.134. The second kappa shape index (κ2) is 6.84. The molecule has 1 atom stereocenters. The Hall–Kier alpha value is -1.80. The zero-order valence-electron chi connectivity index (χ0n) is 14.8. The number of thiazole rings is 1. The van der Waals surface area contributed by atoms with Crippen LogP contribution in [0.2, 0.25) is 0 Å². The first kappa shape index (κ1) is 16.7. The number of hydrogen-bond acceptors (Lipinski definition) is 6. The zero-order valence-corrected chi connectivity index (χ0v) is 15.6. The predicted octanol–water partition coefficient (Wildman–Crippen LogP) is 1.78. The summed E-state index contributed by atoms with van der Waals surface area (Å²) >= 11 is 1.60. The SMILES string of the molecule is Cc1nc(CC(=O)N2CCCC[C@H]2c2nnc3n2CCN(C)C3)cs1. The maximum absolute atomic E-state index is 12.9. The van der Waals surface area contributed by atoms with Crippen LogP contribution in [0.25, 0.3) is 0 Å². The number of likely N-dealkylation sites (tertiary alicyclic amines) is 1. The minimum Gasteiger partial charge on any atom is -0.332 e. The van der Waals surface area contributed by atoms with Crippen molar-refractivity contribution in [1.82, 2.24) is 29.5 Å². The van der Waals surface area contributed by atoms with Crippen LogP contribution in [0.1, 0.15) is 47.7 Å². The van der Waals surface area contributed by atoms with Gasteiger partial charge in [-0.25, -0.2) is 4.98 Å². The monoisotopic (exact) mass is 360 g/mol. The van der Waals surface area contributed by atoms with E-state index in [4.69, 9.17) is 0 Å². The Morgan fingerprint density at radius 2 is 2.16 bits per heavy atom. The van der Waals surface area contributed by atoms with E-state index in [0.717, 1.165) is 67.8 Å². The topological polar surface area (TPSA) is 67.2 Å². The molecule has 0 aliphatic carbocycles. The Bertz CT molecular complexity index is 769. The quantitative estimate of drug-likeness (QED) is 0.835. The van der Waals surface area contributed by atoms with E-state index >= 15 is 0 Å². The highest BCUT2D eigenvalue weighted by atomic mass is 32.1. The first-order valence-corrected chi connectivity index (χ1v) is 9.81. The molecule has 8 heteroatoms. The Balaban J connectivity index is 1.56. The third-order valence-corrected chi connectivity index (χ3v) is 5.92. The van der Waals surface area contributed by atoms with Gasteiger partial charge in [0, 0.05) is 25.0 Å².